The quantitative estimate of drug-likeness (QED) is 0.462. The van der Waals surface area contributed by atoms with Gasteiger partial charge in [-0.25, -0.2) is 0 Å². The van der Waals surface area contributed by atoms with Crippen molar-refractivity contribution in [2.75, 3.05) is 20.3 Å². The summed E-state index contributed by atoms with van der Waals surface area (Å²) in [7, 11) is 1.73. The van der Waals surface area contributed by atoms with Crippen LogP contribution in [0.25, 0.3) is 10.8 Å². The fourth-order valence-corrected chi connectivity index (χ4v) is 3.14. The molecule has 1 aliphatic rings. The van der Waals surface area contributed by atoms with Crippen LogP contribution < -0.4 is 9.47 Å². The molecule has 29 heavy (non-hydrogen) atoms. The Bertz CT molecular complexity index is 898. The Hall–Kier alpha value is -2.52. The highest BCUT2D eigenvalue weighted by molar-refractivity contribution is 5.90. The standard InChI is InChI=1S/C14H16O.C10H12O2.C2H6/c1-4-11-9-14(15-3)10(2)12-7-5-6-8-13(11)12;1-8-4-2-3-5-10(8)12-7-9-6-11-9;1-2/h5-9H,4H2,1-3H3;2-5,9H,6-7H2,1H3;1-2H3. The molecule has 3 heteroatoms. The topological polar surface area (TPSA) is 31.0 Å². The van der Waals surface area contributed by atoms with E-state index in [1.54, 1.807) is 7.11 Å². The maximum atomic E-state index is 5.54. The Morgan fingerprint density at radius 2 is 1.55 bits per heavy atom. The highest BCUT2D eigenvalue weighted by Crippen LogP contribution is 2.30. The van der Waals surface area contributed by atoms with Crippen molar-refractivity contribution in [1.82, 2.24) is 0 Å². The molecular formula is C26H34O3. The average Bonchev–Trinajstić information content (AvgIpc) is 3.60. The van der Waals surface area contributed by atoms with Crippen LogP contribution in [0.4, 0.5) is 0 Å². The van der Waals surface area contributed by atoms with Crippen LogP contribution in [-0.4, -0.2) is 26.4 Å². The third-order valence-electron chi connectivity index (χ3n) is 4.87. The van der Waals surface area contributed by atoms with Gasteiger partial charge in [-0.2, -0.15) is 0 Å². The SMILES string of the molecule is CC.CCc1cc(OC)c(C)c2ccccc12.Cc1ccccc1OCC1CO1. The lowest BCUT2D eigenvalue weighted by atomic mass is 9.98. The van der Waals surface area contributed by atoms with Crippen molar-refractivity contribution in [3.8, 4) is 11.5 Å². The second-order valence-corrected chi connectivity index (χ2v) is 6.79. The molecular weight excluding hydrogens is 360 g/mol. The maximum Gasteiger partial charge on any atom is 0.122 e. The Kier molecular flexibility index (Phi) is 9.01. The van der Waals surface area contributed by atoms with Gasteiger partial charge in [0.15, 0.2) is 0 Å². The molecule has 1 saturated heterocycles. The first-order valence-corrected chi connectivity index (χ1v) is 10.5. The van der Waals surface area contributed by atoms with Gasteiger partial charge in [0.25, 0.3) is 0 Å². The number of methoxy groups -OCH3 is 1. The van der Waals surface area contributed by atoms with Crippen molar-refractivity contribution >= 4 is 10.8 Å². The van der Waals surface area contributed by atoms with Crippen molar-refractivity contribution in [1.29, 1.82) is 0 Å². The minimum absolute atomic E-state index is 0.338. The molecule has 1 fully saturated rings. The van der Waals surface area contributed by atoms with Gasteiger partial charge in [0.05, 0.1) is 13.7 Å². The number of hydrogen-bond donors (Lipinski definition) is 0. The number of ether oxygens (including phenoxy) is 3. The molecule has 0 aromatic heterocycles. The Morgan fingerprint density at radius 3 is 2.14 bits per heavy atom. The fraction of sp³-hybridized carbons (Fsp3) is 0.385. The number of rotatable bonds is 5. The Labute approximate surface area is 175 Å². The minimum atomic E-state index is 0.338. The summed E-state index contributed by atoms with van der Waals surface area (Å²) >= 11 is 0. The molecule has 0 saturated carbocycles. The van der Waals surface area contributed by atoms with Crippen molar-refractivity contribution in [3.63, 3.8) is 0 Å². The molecule has 1 atom stereocenters. The molecule has 0 spiro atoms. The zero-order chi connectivity index (χ0) is 21.2. The molecule has 3 aromatic carbocycles. The summed E-state index contributed by atoms with van der Waals surface area (Å²) in [5, 5.41) is 2.65. The van der Waals surface area contributed by atoms with E-state index < -0.39 is 0 Å². The largest absolute Gasteiger partial charge is 0.496 e. The van der Waals surface area contributed by atoms with Crippen molar-refractivity contribution in [2.24, 2.45) is 0 Å². The van der Waals surface area contributed by atoms with E-state index in [0.29, 0.717) is 12.7 Å². The predicted molar refractivity (Wildman–Crippen MR) is 122 cm³/mol. The fourth-order valence-electron chi connectivity index (χ4n) is 3.14. The lowest BCUT2D eigenvalue weighted by molar-refractivity contribution is 0.262. The van der Waals surface area contributed by atoms with E-state index in [1.807, 2.05) is 45.0 Å². The molecule has 3 nitrogen and oxygen atoms in total. The predicted octanol–water partition coefficient (Wildman–Crippen LogP) is 6.52. The molecule has 156 valence electrons. The number of hydrogen-bond acceptors (Lipinski definition) is 3. The van der Waals surface area contributed by atoms with Gasteiger partial charge >= 0.3 is 0 Å². The molecule has 3 aromatic rings. The van der Waals surface area contributed by atoms with Crippen LogP contribution in [0.2, 0.25) is 0 Å². The normalized spacial score (nSPS) is 14.2. The molecule has 0 N–H and O–H groups in total. The van der Waals surface area contributed by atoms with E-state index in [1.165, 1.54) is 27.5 Å². The van der Waals surface area contributed by atoms with Gasteiger partial charge in [0.2, 0.25) is 0 Å². The second kappa shape index (κ2) is 11.5. The smallest absolute Gasteiger partial charge is 0.122 e. The van der Waals surface area contributed by atoms with Crippen LogP contribution in [0.5, 0.6) is 11.5 Å². The van der Waals surface area contributed by atoms with Crippen LogP contribution in [0, 0.1) is 13.8 Å². The van der Waals surface area contributed by atoms with Crippen LogP contribution in [0.3, 0.4) is 0 Å². The monoisotopic (exact) mass is 394 g/mol. The van der Waals surface area contributed by atoms with Gasteiger partial charge in [0.1, 0.15) is 24.2 Å². The van der Waals surface area contributed by atoms with E-state index in [4.69, 9.17) is 14.2 Å². The van der Waals surface area contributed by atoms with Crippen molar-refractivity contribution in [2.45, 2.75) is 47.1 Å². The molecule has 4 rings (SSSR count). The number of para-hydroxylation sites is 1. The summed E-state index contributed by atoms with van der Waals surface area (Å²) in [6.07, 6.45) is 1.38. The van der Waals surface area contributed by atoms with Crippen molar-refractivity contribution in [3.05, 3.63) is 71.3 Å². The van der Waals surface area contributed by atoms with E-state index in [-0.39, 0.29) is 0 Å². The summed E-state index contributed by atoms with van der Waals surface area (Å²) in [5.74, 6) is 1.96. The van der Waals surface area contributed by atoms with Gasteiger partial charge in [0, 0.05) is 0 Å². The summed E-state index contributed by atoms with van der Waals surface area (Å²) in [5.41, 5.74) is 3.76. The second-order valence-electron chi connectivity index (χ2n) is 6.79. The summed E-state index contributed by atoms with van der Waals surface area (Å²) < 4.78 is 16.0. The van der Waals surface area contributed by atoms with Crippen LogP contribution >= 0.6 is 0 Å². The number of fused-ring (bicyclic) bond motifs is 1. The molecule has 0 bridgehead atoms. The van der Waals surface area contributed by atoms with Gasteiger partial charge in [-0.05, 0) is 59.9 Å². The summed E-state index contributed by atoms with van der Waals surface area (Å²) in [6.45, 7) is 11.9. The van der Waals surface area contributed by atoms with Gasteiger partial charge in [-0.3, -0.25) is 0 Å². The van der Waals surface area contributed by atoms with E-state index in [9.17, 15) is 0 Å². The molecule has 0 radical (unpaired) electrons. The molecule has 1 heterocycles. The third kappa shape index (κ3) is 6.23. The lowest BCUT2D eigenvalue weighted by Crippen LogP contribution is -2.04. The van der Waals surface area contributed by atoms with E-state index in [2.05, 4.69) is 44.2 Å². The Morgan fingerprint density at radius 1 is 0.931 bits per heavy atom. The van der Waals surface area contributed by atoms with Gasteiger partial charge in [-0.1, -0.05) is 63.2 Å². The molecule has 0 amide bonds. The lowest BCUT2D eigenvalue weighted by Gasteiger charge is -2.12. The zero-order valence-electron chi connectivity index (χ0n) is 18.6. The first-order chi connectivity index (χ1) is 14.1. The van der Waals surface area contributed by atoms with E-state index >= 15 is 0 Å². The van der Waals surface area contributed by atoms with Crippen LogP contribution in [0.15, 0.2) is 54.6 Å². The number of benzene rings is 3. The molecule has 1 aliphatic heterocycles. The van der Waals surface area contributed by atoms with Crippen LogP contribution in [-0.2, 0) is 11.2 Å². The first kappa shape index (κ1) is 22.8. The number of aryl methyl sites for hydroxylation is 3. The summed E-state index contributed by atoms with van der Waals surface area (Å²) in [4.78, 5) is 0. The highest BCUT2D eigenvalue weighted by Gasteiger charge is 2.23. The first-order valence-electron chi connectivity index (χ1n) is 10.5. The Balaban J connectivity index is 0.000000194. The van der Waals surface area contributed by atoms with Crippen molar-refractivity contribution < 1.29 is 14.2 Å². The van der Waals surface area contributed by atoms with Gasteiger partial charge in [-0.15, -0.1) is 0 Å². The van der Waals surface area contributed by atoms with E-state index in [0.717, 1.165) is 24.5 Å². The average molecular weight is 395 g/mol. The van der Waals surface area contributed by atoms with Gasteiger partial charge < -0.3 is 14.2 Å². The minimum Gasteiger partial charge on any atom is -0.496 e. The van der Waals surface area contributed by atoms with Crippen LogP contribution in [0.1, 0.15) is 37.5 Å². The third-order valence-corrected chi connectivity index (χ3v) is 4.87. The molecule has 0 aliphatic carbocycles. The maximum absolute atomic E-state index is 5.54. The number of epoxide rings is 1. The highest BCUT2D eigenvalue weighted by atomic mass is 16.6. The molecule has 1 unspecified atom stereocenters. The summed E-state index contributed by atoms with van der Waals surface area (Å²) in [6, 6.07) is 18.7. The zero-order valence-corrected chi connectivity index (χ0v) is 18.6.